The third-order valence-corrected chi connectivity index (χ3v) is 3.54. The van der Waals surface area contributed by atoms with E-state index in [1.807, 2.05) is 49.4 Å². The van der Waals surface area contributed by atoms with Crippen molar-refractivity contribution >= 4 is 0 Å². The molecule has 0 aliphatic heterocycles. The lowest BCUT2D eigenvalue weighted by Gasteiger charge is -2.12. The number of hydrogen-bond acceptors (Lipinski definition) is 2. The molecule has 116 valence electrons. The number of hydrogen-bond donors (Lipinski definition) is 0. The van der Waals surface area contributed by atoms with Crippen LogP contribution in [0.1, 0.15) is 13.3 Å². The molecule has 0 atom stereocenters. The predicted molar refractivity (Wildman–Crippen MR) is 90.9 cm³/mol. The van der Waals surface area contributed by atoms with Crippen LogP contribution in [0.3, 0.4) is 0 Å². The lowest BCUT2D eigenvalue weighted by atomic mass is 10.0. The zero-order valence-electron chi connectivity index (χ0n) is 13.0. The van der Waals surface area contributed by atoms with E-state index in [2.05, 4.69) is 4.98 Å². The third-order valence-electron chi connectivity index (χ3n) is 3.54. The van der Waals surface area contributed by atoms with Crippen molar-refractivity contribution in [3.05, 3.63) is 72.5 Å². The summed E-state index contributed by atoms with van der Waals surface area (Å²) >= 11 is 0. The number of ether oxygens (including phenoxy) is 1. The van der Waals surface area contributed by atoms with Crippen LogP contribution < -0.4 is 4.74 Å². The second-order valence-electron chi connectivity index (χ2n) is 5.24. The summed E-state index contributed by atoms with van der Waals surface area (Å²) in [7, 11) is 0. The molecule has 3 rings (SSSR count). The van der Waals surface area contributed by atoms with E-state index >= 15 is 0 Å². The number of halogens is 1. The molecule has 0 radical (unpaired) electrons. The number of benzene rings is 2. The highest BCUT2D eigenvalue weighted by Crippen LogP contribution is 2.32. The second kappa shape index (κ2) is 7.05. The SMILES string of the molecule is CCCOc1nc(-c2ccccc2F)ccc1-c1ccccc1. The number of rotatable bonds is 5. The Morgan fingerprint density at radius 2 is 1.61 bits per heavy atom. The normalized spacial score (nSPS) is 10.5. The highest BCUT2D eigenvalue weighted by molar-refractivity contribution is 5.72. The molecule has 2 aromatic carbocycles. The summed E-state index contributed by atoms with van der Waals surface area (Å²) in [6.07, 6.45) is 0.889. The lowest BCUT2D eigenvalue weighted by molar-refractivity contribution is 0.307. The second-order valence-corrected chi connectivity index (χ2v) is 5.24. The Morgan fingerprint density at radius 3 is 2.35 bits per heavy atom. The van der Waals surface area contributed by atoms with Crippen LogP contribution in [0.15, 0.2) is 66.7 Å². The van der Waals surface area contributed by atoms with Crippen LogP contribution in [-0.2, 0) is 0 Å². The molecule has 23 heavy (non-hydrogen) atoms. The van der Waals surface area contributed by atoms with Gasteiger partial charge in [0, 0.05) is 11.1 Å². The van der Waals surface area contributed by atoms with Gasteiger partial charge in [-0.1, -0.05) is 49.4 Å². The van der Waals surface area contributed by atoms with Crippen LogP contribution in [0.25, 0.3) is 22.4 Å². The molecule has 2 nitrogen and oxygen atoms in total. The summed E-state index contributed by atoms with van der Waals surface area (Å²) in [6, 6.07) is 20.4. The first-order chi connectivity index (χ1) is 11.3. The quantitative estimate of drug-likeness (QED) is 0.634. The van der Waals surface area contributed by atoms with Crippen molar-refractivity contribution in [1.29, 1.82) is 0 Å². The van der Waals surface area contributed by atoms with Gasteiger partial charge in [-0.05, 0) is 36.2 Å². The highest BCUT2D eigenvalue weighted by atomic mass is 19.1. The van der Waals surface area contributed by atoms with Crippen molar-refractivity contribution in [3.63, 3.8) is 0 Å². The number of pyridine rings is 1. The zero-order chi connectivity index (χ0) is 16.1. The summed E-state index contributed by atoms with van der Waals surface area (Å²) in [6.45, 7) is 2.62. The van der Waals surface area contributed by atoms with Gasteiger partial charge in [-0.2, -0.15) is 0 Å². The van der Waals surface area contributed by atoms with E-state index in [1.165, 1.54) is 6.07 Å². The summed E-state index contributed by atoms with van der Waals surface area (Å²) in [4.78, 5) is 4.56. The molecule has 0 spiro atoms. The van der Waals surface area contributed by atoms with Gasteiger partial charge in [-0.3, -0.25) is 0 Å². The van der Waals surface area contributed by atoms with Crippen molar-refractivity contribution in [2.45, 2.75) is 13.3 Å². The molecule has 0 aliphatic rings. The van der Waals surface area contributed by atoms with Crippen LogP contribution in [0.2, 0.25) is 0 Å². The Bertz CT molecular complexity index is 787. The van der Waals surface area contributed by atoms with Gasteiger partial charge in [0.25, 0.3) is 0 Å². The molecular weight excluding hydrogens is 289 g/mol. The molecule has 0 bridgehead atoms. The Balaban J connectivity index is 2.07. The fourth-order valence-electron chi connectivity index (χ4n) is 2.41. The molecule has 3 heteroatoms. The van der Waals surface area contributed by atoms with Crippen LogP contribution in [0.5, 0.6) is 5.88 Å². The third kappa shape index (κ3) is 3.39. The number of nitrogens with zero attached hydrogens (tertiary/aromatic N) is 1. The molecule has 0 unspecified atom stereocenters. The van der Waals surface area contributed by atoms with Gasteiger partial charge in [0.05, 0.1) is 12.3 Å². The van der Waals surface area contributed by atoms with E-state index in [4.69, 9.17) is 4.74 Å². The fraction of sp³-hybridized carbons (Fsp3) is 0.150. The topological polar surface area (TPSA) is 22.1 Å². The molecule has 0 N–H and O–H groups in total. The maximum Gasteiger partial charge on any atom is 0.221 e. The van der Waals surface area contributed by atoms with Crippen LogP contribution >= 0.6 is 0 Å². The molecule has 3 aromatic rings. The zero-order valence-corrected chi connectivity index (χ0v) is 13.0. The Morgan fingerprint density at radius 1 is 0.870 bits per heavy atom. The lowest BCUT2D eigenvalue weighted by Crippen LogP contribution is -2.01. The molecule has 0 aliphatic carbocycles. The van der Waals surface area contributed by atoms with Crippen molar-refractivity contribution in [2.75, 3.05) is 6.61 Å². The van der Waals surface area contributed by atoms with Gasteiger partial charge in [-0.15, -0.1) is 0 Å². The van der Waals surface area contributed by atoms with E-state index in [0.717, 1.165) is 17.5 Å². The fourth-order valence-corrected chi connectivity index (χ4v) is 2.41. The standard InChI is InChI=1S/C20H18FNO/c1-2-14-23-20-16(15-8-4-3-5-9-15)12-13-19(22-20)17-10-6-7-11-18(17)21/h3-13H,2,14H2,1H3. The molecular formula is C20H18FNO. The van der Waals surface area contributed by atoms with Crippen LogP contribution in [0, 0.1) is 5.82 Å². The average Bonchev–Trinajstić information content (AvgIpc) is 2.61. The van der Waals surface area contributed by atoms with E-state index in [-0.39, 0.29) is 5.82 Å². The van der Waals surface area contributed by atoms with E-state index in [9.17, 15) is 4.39 Å². The van der Waals surface area contributed by atoms with Crippen molar-refractivity contribution in [3.8, 4) is 28.3 Å². The van der Waals surface area contributed by atoms with E-state index in [0.29, 0.717) is 23.7 Å². The molecule has 0 saturated heterocycles. The minimum atomic E-state index is -0.283. The van der Waals surface area contributed by atoms with Gasteiger partial charge < -0.3 is 4.74 Å². The summed E-state index contributed by atoms with van der Waals surface area (Å²) < 4.78 is 19.8. The van der Waals surface area contributed by atoms with Gasteiger partial charge in [0.1, 0.15) is 5.82 Å². The van der Waals surface area contributed by atoms with Crippen molar-refractivity contribution in [2.24, 2.45) is 0 Å². The average molecular weight is 307 g/mol. The van der Waals surface area contributed by atoms with E-state index in [1.54, 1.807) is 18.2 Å². The highest BCUT2D eigenvalue weighted by Gasteiger charge is 2.12. The first-order valence-corrected chi connectivity index (χ1v) is 7.73. The minimum absolute atomic E-state index is 0.283. The van der Waals surface area contributed by atoms with Gasteiger partial charge in [0.15, 0.2) is 0 Å². The Hall–Kier alpha value is -2.68. The van der Waals surface area contributed by atoms with Crippen molar-refractivity contribution in [1.82, 2.24) is 4.98 Å². The molecule has 0 saturated carbocycles. The van der Waals surface area contributed by atoms with Gasteiger partial charge in [-0.25, -0.2) is 9.37 Å². The molecule has 0 amide bonds. The molecule has 1 aromatic heterocycles. The largest absolute Gasteiger partial charge is 0.477 e. The first-order valence-electron chi connectivity index (χ1n) is 7.73. The minimum Gasteiger partial charge on any atom is -0.477 e. The summed E-state index contributed by atoms with van der Waals surface area (Å²) in [5.74, 6) is 0.257. The maximum absolute atomic E-state index is 14.0. The Kier molecular flexibility index (Phi) is 4.67. The van der Waals surface area contributed by atoms with Crippen LogP contribution in [-0.4, -0.2) is 11.6 Å². The smallest absolute Gasteiger partial charge is 0.221 e. The van der Waals surface area contributed by atoms with Crippen LogP contribution in [0.4, 0.5) is 4.39 Å². The number of aromatic nitrogens is 1. The molecule has 0 fully saturated rings. The maximum atomic E-state index is 14.0. The van der Waals surface area contributed by atoms with Gasteiger partial charge >= 0.3 is 0 Å². The van der Waals surface area contributed by atoms with Crippen molar-refractivity contribution < 1.29 is 9.13 Å². The summed E-state index contributed by atoms with van der Waals surface area (Å²) in [5.41, 5.74) is 3.01. The first kappa shape index (κ1) is 15.2. The monoisotopic (exact) mass is 307 g/mol. The molecule has 1 heterocycles. The predicted octanol–water partition coefficient (Wildman–Crippen LogP) is 5.34. The van der Waals surface area contributed by atoms with Gasteiger partial charge in [0.2, 0.25) is 5.88 Å². The Labute approximate surface area is 135 Å². The summed E-state index contributed by atoms with van der Waals surface area (Å²) in [5, 5.41) is 0. The van der Waals surface area contributed by atoms with E-state index < -0.39 is 0 Å².